The third kappa shape index (κ3) is 5.75. The van der Waals surface area contributed by atoms with E-state index in [1.54, 1.807) is 0 Å². The highest BCUT2D eigenvalue weighted by molar-refractivity contribution is 5.92. The maximum Gasteiger partial charge on any atom is 0.416 e. The molecule has 2 N–H and O–H groups in total. The van der Waals surface area contributed by atoms with Gasteiger partial charge in [0.2, 0.25) is 11.8 Å². The normalized spacial score (nSPS) is 20.5. The lowest BCUT2D eigenvalue weighted by Crippen LogP contribution is -2.35. The zero-order chi connectivity index (χ0) is 19.2. The molecule has 26 heavy (non-hydrogen) atoms. The van der Waals surface area contributed by atoms with E-state index in [1.807, 2.05) is 0 Å². The van der Waals surface area contributed by atoms with Gasteiger partial charge in [0.05, 0.1) is 5.56 Å². The fourth-order valence-corrected chi connectivity index (χ4v) is 3.17. The van der Waals surface area contributed by atoms with Crippen molar-refractivity contribution in [2.45, 2.75) is 51.6 Å². The van der Waals surface area contributed by atoms with E-state index in [2.05, 4.69) is 17.6 Å². The Bertz CT molecular complexity index is 623. The number of anilines is 1. The zero-order valence-corrected chi connectivity index (χ0v) is 14.9. The Balaban J connectivity index is 1.84. The Morgan fingerprint density at radius 3 is 2.27 bits per heavy atom. The lowest BCUT2D eigenvalue weighted by atomic mass is 9.81. The van der Waals surface area contributed by atoms with E-state index < -0.39 is 11.7 Å². The minimum absolute atomic E-state index is 0.0372. The molecular formula is C19H25F3N2O2. The molecule has 2 rings (SSSR count). The van der Waals surface area contributed by atoms with E-state index in [0.717, 1.165) is 25.0 Å². The number of carbonyl (C=O) groups excluding carboxylic acids is 2. The number of carbonyl (C=O) groups is 2. The molecule has 0 aromatic heterocycles. The predicted molar refractivity (Wildman–Crippen MR) is 93.4 cm³/mol. The summed E-state index contributed by atoms with van der Waals surface area (Å²) in [6, 6.07) is 4.62. The largest absolute Gasteiger partial charge is 0.416 e. The molecule has 1 fully saturated rings. The molecule has 1 aromatic rings. The maximum absolute atomic E-state index is 12.7. The first kappa shape index (κ1) is 20.3. The highest BCUT2D eigenvalue weighted by atomic mass is 19.4. The average Bonchev–Trinajstić information content (AvgIpc) is 2.61. The summed E-state index contributed by atoms with van der Waals surface area (Å²) in [6.07, 6.45) is -0.0995. The summed E-state index contributed by atoms with van der Waals surface area (Å²) in [6.45, 7) is 2.73. The van der Waals surface area contributed by atoms with Crippen LogP contribution in [0.2, 0.25) is 0 Å². The van der Waals surface area contributed by atoms with Crippen molar-refractivity contribution in [3.8, 4) is 0 Å². The first-order valence-corrected chi connectivity index (χ1v) is 9.07. The van der Waals surface area contributed by atoms with Crippen molar-refractivity contribution in [2.24, 2.45) is 11.8 Å². The molecule has 0 aliphatic heterocycles. The van der Waals surface area contributed by atoms with Crippen molar-refractivity contribution in [2.75, 3.05) is 11.9 Å². The first-order valence-electron chi connectivity index (χ1n) is 9.07. The zero-order valence-electron chi connectivity index (χ0n) is 14.9. The van der Waals surface area contributed by atoms with Crippen LogP contribution in [-0.2, 0) is 15.8 Å². The maximum atomic E-state index is 12.7. The summed E-state index contributed by atoms with van der Waals surface area (Å²) in [5, 5.41) is 5.48. The van der Waals surface area contributed by atoms with E-state index in [4.69, 9.17) is 0 Å². The van der Waals surface area contributed by atoms with Crippen molar-refractivity contribution >= 4 is 17.5 Å². The van der Waals surface area contributed by atoms with Crippen molar-refractivity contribution in [1.82, 2.24) is 5.32 Å². The highest BCUT2D eigenvalue weighted by Crippen LogP contribution is 2.32. The molecule has 0 radical (unpaired) electrons. The summed E-state index contributed by atoms with van der Waals surface area (Å²) >= 11 is 0. The van der Waals surface area contributed by atoms with Crippen LogP contribution in [0.5, 0.6) is 0 Å². The van der Waals surface area contributed by atoms with Gasteiger partial charge in [-0.2, -0.15) is 13.2 Å². The smallest absolute Gasteiger partial charge is 0.356 e. The molecule has 4 nitrogen and oxygen atoms in total. The highest BCUT2D eigenvalue weighted by Gasteiger charge is 2.32. The number of hydrogen-bond donors (Lipinski definition) is 2. The van der Waals surface area contributed by atoms with Crippen LogP contribution in [0.4, 0.5) is 18.9 Å². The van der Waals surface area contributed by atoms with Gasteiger partial charge in [-0.05, 0) is 50.3 Å². The molecule has 0 unspecified atom stereocenters. The van der Waals surface area contributed by atoms with E-state index in [1.165, 1.54) is 12.1 Å². The number of alkyl halides is 3. The topological polar surface area (TPSA) is 58.2 Å². The Kier molecular flexibility index (Phi) is 7.06. The standard InChI is InChI=1S/C19H25F3N2O2/c1-2-3-11-23-17(25)13-7-9-14(10-8-13)18(26)24-16-6-4-5-15(12-16)19(20,21)22/h4-6,12-14H,2-3,7-11H2,1H3,(H,23,25)(H,24,26). The van der Waals surface area contributed by atoms with E-state index in [9.17, 15) is 22.8 Å². The van der Waals surface area contributed by atoms with Crippen LogP contribution < -0.4 is 10.6 Å². The minimum Gasteiger partial charge on any atom is -0.356 e. The van der Waals surface area contributed by atoms with Gasteiger partial charge in [-0.25, -0.2) is 0 Å². The molecular weight excluding hydrogens is 345 g/mol. The molecule has 1 aromatic carbocycles. The van der Waals surface area contributed by atoms with Crippen molar-refractivity contribution in [3.05, 3.63) is 29.8 Å². The van der Waals surface area contributed by atoms with Gasteiger partial charge in [0.1, 0.15) is 0 Å². The third-order valence-corrected chi connectivity index (χ3v) is 4.76. The van der Waals surface area contributed by atoms with Crippen LogP contribution in [0.1, 0.15) is 51.0 Å². The molecule has 0 spiro atoms. The molecule has 0 bridgehead atoms. The van der Waals surface area contributed by atoms with Crippen molar-refractivity contribution < 1.29 is 22.8 Å². The van der Waals surface area contributed by atoms with E-state index in [-0.39, 0.29) is 29.3 Å². The van der Waals surface area contributed by atoms with Gasteiger partial charge in [-0.3, -0.25) is 9.59 Å². The molecule has 0 saturated heterocycles. The minimum atomic E-state index is -4.44. The number of nitrogens with one attached hydrogen (secondary N) is 2. The van der Waals surface area contributed by atoms with Crippen LogP contribution >= 0.6 is 0 Å². The van der Waals surface area contributed by atoms with Gasteiger partial charge in [0.25, 0.3) is 0 Å². The second kappa shape index (κ2) is 9.05. The molecule has 1 aliphatic carbocycles. The molecule has 1 aliphatic rings. The number of hydrogen-bond acceptors (Lipinski definition) is 2. The Morgan fingerprint density at radius 2 is 1.69 bits per heavy atom. The lowest BCUT2D eigenvalue weighted by molar-refractivity contribution is -0.137. The predicted octanol–water partition coefficient (Wildman–Crippen LogP) is 4.37. The van der Waals surface area contributed by atoms with Crippen molar-refractivity contribution in [3.63, 3.8) is 0 Å². The van der Waals surface area contributed by atoms with Gasteiger partial charge < -0.3 is 10.6 Å². The van der Waals surface area contributed by atoms with Crippen LogP contribution in [0.25, 0.3) is 0 Å². The first-order chi connectivity index (χ1) is 12.3. The van der Waals surface area contributed by atoms with E-state index >= 15 is 0 Å². The molecule has 2 amide bonds. The summed E-state index contributed by atoms with van der Waals surface area (Å²) in [5.74, 6) is -0.599. The SMILES string of the molecule is CCCCNC(=O)C1CCC(C(=O)Nc2cccc(C(F)(F)F)c2)CC1. The van der Waals surface area contributed by atoms with Crippen LogP contribution in [0.15, 0.2) is 24.3 Å². The number of amides is 2. The quantitative estimate of drug-likeness (QED) is 0.731. The molecule has 0 heterocycles. The fourth-order valence-electron chi connectivity index (χ4n) is 3.17. The van der Waals surface area contributed by atoms with Crippen LogP contribution in [-0.4, -0.2) is 18.4 Å². The summed E-state index contributed by atoms with van der Waals surface area (Å²) in [5.41, 5.74) is -0.646. The van der Waals surface area contributed by atoms with Crippen molar-refractivity contribution in [1.29, 1.82) is 0 Å². The van der Waals surface area contributed by atoms with Crippen LogP contribution in [0.3, 0.4) is 0 Å². The molecule has 1 saturated carbocycles. The summed E-state index contributed by atoms with van der Waals surface area (Å²) in [7, 11) is 0. The average molecular weight is 370 g/mol. The second-order valence-electron chi connectivity index (χ2n) is 6.76. The monoisotopic (exact) mass is 370 g/mol. The van der Waals surface area contributed by atoms with Gasteiger partial charge in [0, 0.05) is 24.1 Å². The number of benzene rings is 1. The summed E-state index contributed by atoms with van der Waals surface area (Å²) < 4.78 is 38.2. The fraction of sp³-hybridized carbons (Fsp3) is 0.579. The van der Waals surface area contributed by atoms with Crippen LogP contribution in [0, 0.1) is 11.8 Å². The van der Waals surface area contributed by atoms with Gasteiger partial charge in [0.15, 0.2) is 0 Å². The Labute approximate surface area is 151 Å². The number of unbranched alkanes of at least 4 members (excludes halogenated alkanes) is 1. The summed E-state index contributed by atoms with van der Waals surface area (Å²) in [4.78, 5) is 24.4. The molecule has 144 valence electrons. The van der Waals surface area contributed by atoms with Gasteiger partial charge >= 0.3 is 6.18 Å². The Hall–Kier alpha value is -2.05. The van der Waals surface area contributed by atoms with E-state index in [0.29, 0.717) is 32.2 Å². The van der Waals surface area contributed by atoms with Gasteiger partial charge in [-0.15, -0.1) is 0 Å². The molecule has 7 heteroatoms. The third-order valence-electron chi connectivity index (χ3n) is 4.76. The number of rotatable bonds is 6. The Morgan fingerprint density at radius 1 is 1.08 bits per heavy atom. The number of halogens is 3. The second-order valence-corrected chi connectivity index (χ2v) is 6.76. The lowest BCUT2D eigenvalue weighted by Gasteiger charge is -2.27. The molecule has 0 atom stereocenters. The van der Waals surface area contributed by atoms with Gasteiger partial charge in [-0.1, -0.05) is 19.4 Å².